The third-order valence-corrected chi connectivity index (χ3v) is 0.185. The number of hydrogen-bond donors (Lipinski definition) is 0. The van der Waals surface area contributed by atoms with E-state index in [9.17, 15) is 4.79 Å². The first-order valence-corrected chi connectivity index (χ1v) is 1.32. The van der Waals surface area contributed by atoms with Crippen molar-refractivity contribution in [2.75, 3.05) is 0 Å². The molecule has 0 fully saturated rings. The van der Waals surface area contributed by atoms with Crippen LogP contribution in [-0.4, -0.2) is 12.4 Å². The fraction of sp³-hybridized carbons (Fsp3) is 0.333. The Morgan fingerprint density at radius 2 is 2.14 bits per heavy atom. The zero-order chi connectivity index (χ0) is 4.99. The van der Waals surface area contributed by atoms with Crippen LogP contribution in [0, 0.1) is 0 Å². The van der Waals surface area contributed by atoms with E-state index in [0.29, 0.717) is 0 Å². The van der Waals surface area contributed by atoms with E-state index < -0.39 is 5.97 Å². The normalized spacial score (nSPS) is 5.86. The van der Waals surface area contributed by atoms with E-state index in [1.807, 2.05) is 0 Å². The van der Waals surface area contributed by atoms with E-state index in [1.165, 1.54) is 0 Å². The van der Waals surface area contributed by atoms with Crippen LogP contribution < -0.4 is 0 Å². The zero-order valence-electron chi connectivity index (χ0n) is 3.93. The molecule has 3 nitrogen and oxygen atoms in total. The van der Waals surface area contributed by atoms with Gasteiger partial charge in [-0.05, 0) is 6.92 Å². The summed E-state index contributed by atoms with van der Waals surface area (Å²) in [6, 6.07) is 0. The molecule has 0 saturated carbocycles. The Morgan fingerprint density at radius 1 is 1.71 bits per heavy atom. The second kappa shape index (κ2) is 4.14. The maximum absolute atomic E-state index is 9.56. The molecule has 0 N–H and O–H groups in total. The summed E-state index contributed by atoms with van der Waals surface area (Å²) < 4.78 is 3.60. The second-order valence-corrected chi connectivity index (χ2v) is 0.677. The molecule has 0 aromatic rings. The van der Waals surface area contributed by atoms with E-state index in [-0.39, 0.29) is 0 Å². The molecule has 36 valence electrons. The third-order valence-electron chi connectivity index (χ3n) is 0.185. The van der Waals surface area contributed by atoms with E-state index >= 15 is 0 Å². The quantitative estimate of drug-likeness (QED) is 0.366. The monoisotopic (exact) mass is 354 g/mol. The summed E-state index contributed by atoms with van der Waals surface area (Å²) in [5.41, 5.74) is 0. The second-order valence-electron chi connectivity index (χ2n) is 0.677. The van der Waals surface area contributed by atoms with Gasteiger partial charge in [-0.2, -0.15) is 0 Å². The molecule has 0 rings (SSSR count). The molecule has 0 saturated heterocycles. The Kier molecular flexibility index (Phi) is 5.28. The SMILES string of the molecule is CC(=O)O[C-]=O.[Rf]. The Balaban J connectivity index is 0. The van der Waals surface area contributed by atoms with Crippen molar-refractivity contribution in [2.24, 2.45) is 0 Å². The summed E-state index contributed by atoms with van der Waals surface area (Å²) in [6.45, 7) is 2.10. The predicted molar refractivity (Wildman–Crippen MR) is 17.5 cm³/mol. The van der Waals surface area contributed by atoms with E-state index in [4.69, 9.17) is 4.79 Å². The van der Waals surface area contributed by atoms with Crippen LogP contribution >= 0.6 is 0 Å². The van der Waals surface area contributed by atoms with Gasteiger partial charge < -0.3 is 14.3 Å². The molecule has 0 unspecified atom stereocenters. The predicted octanol–water partition coefficient (Wildman–Crippen LogP) is -0.383. The molecule has 0 aliphatic carbocycles. The van der Waals surface area contributed by atoms with Gasteiger partial charge in [-0.25, -0.2) is 0 Å². The number of hydrogen-bond acceptors (Lipinski definition) is 3. The van der Waals surface area contributed by atoms with Crippen LogP contribution in [0.25, 0.3) is 0 Å². The molecule has 0 spiro atoms. The number of carbonyl (C=O) groups excluding carboxylic acids is 2. The van der Waals surface area contributed by atoms with Crippen LogP contribution in [0.15, 0.2) is 0 Å². The molecular formula is C3H3O3Rf-. The van der Waals surface area contributed by atoms with Gasteiger partial charge in [0, 0.05) is 0 Å². The van der Waals surface area contributed by atoms with Crippen LogP contribution in [0.2, 0.25) is 0 Å². The number of carbonyl (C=O) groups is 1. The smallest absolute Gasteiger partial charge is 0.172 e. The van der Waals surface area contributed by atoms with Crippen LogP contribution in [0.1, 0.15) is 6.92 Å². The Labute approximate surface area is 34.9 Å². The molecule has 7 heavy (non-hydrogen) atoms. The number of esters is 1. The van der Waals surface area contributed by atoms with E-state index in [1.54, 1.807) is 0 Å². The minimum absolute atomic E-state index is 0. The van der Waals surface area contributed by atoms with Crippen LogP contribution in [-0.2, 0) is 14.3 Å². The fourth-order valence-electron chi connectivity index (χ4n) is 0.0587. The molecule has 0 atom stereocenters. The number of rotatable bonds is 1. The van der Waals surface area contributed by atoms with Crippen LogP contribution in [0.4, 0.5) is 0 Å². The van der Waals surface area contributed by atoms with Gasteiger partial charge >= 0.3 is 0 Å². The Hall–Kier alpha value is -1.86. The van der Waals surface area contributed by atoms with Gasteiger partial charge in [0.15, 0.2) is 6.47 Å². The van der Waals surface area contributed by atoms with Gasteiger partial charge in [0.25, 0.3) is 0 Å². The summed E-state index contributed by atoms with van der Waals surface area (Å²) >= 11 is 0. The van der Waals surface area contributed by atoms with Crippen molar-refractivity contribution >= 4 is 12.4 Å². The summed E-state index contributed by atoms with van der Waals surface area (Å²) in [6.07, 6.45) is 0. The first-order chi connectivity index (χ1) is 2.77. The van der Waals surface area contributed by atoms with Crippen LogP contribution in [0.5, 0.6) is 0 Å². The van der Waals surface area contributed by atoms with Crippen molar-refractivity contribution in [1.82, 2.24) is 0 Å². The maximum atomic E-state index is 9.56. The Bertz CT molecular complexity index is 70.6. The van der Waals surface area contributed by atoms with Gasteiger partial charge in [-0.3, -0.25) is 0 Å². The molecule has 0 aromatic heterocycles. The van der Waals surface area contributed by atoms with Crippen molar-refractivity contribution in [3.8, 4) is 0 Å². The molecule has 4 heteroatoms. The molecule has 0 aliphatic heterocycles. The molecule has 0 aliphatic rings. The zero-order valence-corrected chi connectivity index (χ0v) is 10.3. The Morgan fingerprint density at radius 3 is 2.14 bits per heavy atom. The van der Waals surface area contributed by atoms with Gasteiger partial charge in [-0.1, -0.05) is 0 Å². The first kappa shape index (κ1) is 8.94. The largest absolute Gasteiger partial charge is 0.584 e. The minimum Gasteiger partial charge on any atom is -0.584 e. The molecule has 0 bridgehead atoms. The maximum Gasteiger partial charge on any atom is 0.172 e. The van der Waals surface area contributed by atoms with Crippen LogP contribution in [0.3, 0.4) is 0 Å². The summed E-state index contributed by atoms with van der Waals surface area (Å²) in [4.78, 5) is 18.6. The van der Waals surface area contributed by atoms with Gasteiger partial charge in [0.05, 0.1) is 0 Å². The van der Waals surface area contributed by atoms with Crippen molar-refractivity contribution in [3.05, 3.63) is 0 Å². The van der Waals surface area contributed by atoms with Gasteiger partial charge in [0.2, 0.25) is 0 Å². The fourth-order valence-corrected chi connectivity index (χ4v) is 0.0587. The molecule has 0 heterocycles. The first-order valence-electron chi connectivity index (χ1n) is 1.32. The average Bonchev–Trinajstić information content (AvgIpc) is 1.35. The topological polar surface area (TPSA) is 43.4 Å². The van der Waals surface area contributed by atoms with E-state index in [2.05, 4.69) is 4.74 Å². The third kappa shape index (κ3) is 14.6. The molecular weight excluding hydrogens is 351 g/mol. The van der Waals surface area contributed by atoms with Crippen molar-refractivity contribution in [1.29, 1.82) is 0 Å². The molecule has 0 amide bonds. The van der Waals surface area contributed by atoms with Gasteiger partial charge in [0.1, 0.15) is 5.97 Å². The summed E-state index contributed by atoms with van der Waals surface area (Å²) in [7, 11) is 0. The standard InChI is InChI=1S/C3H3O3.Rf/c1-3(5)6-2-4;/h1H3;/q-1;. The van der Waals surface area contributed by atoms with Gasteiger partial charge in [-0.15, -0.1) is 0 Å². The molecule has 0 aromatic carbocycles. The molecule has 0 radical (unpaired) electrons. The van der Waals surface area contributed by atoms with Crippen molar-refractivity contribution in [2.45, 2.75) is 6.92 Å². The van der Waals surface area contributed by atoms with Crippen molar-refractivity contribution < 1.29 is 14.3 Å². The summed E-state index contributed by atoms with van der Waals surface area (Å²) in [5, 5.41) is 0. The number of ether oxygens (including phenoxy) is 1. The van der Waals surface area contributed by atoms with E-state index in [0.717, 1.165) is 13.4 Å². The van der Waals surface area contributed by atoms with Crippen molar-refractivity contribution in [3.63, 3.8) is 0 Å². The average molecular weight is 354 g/mol. The summed E-state index contributed by atoms with van der Waals surface area (Å²) in [5.74, 6) is -0.634. The minimum atomic E-state index is -0.634.